The number of guanidine groups is 1. The van der Waals surface area contributed by atoms with Crippen LogP contribution >= 0.6 is 0 Å². The van der Waals surface area contributed by atoms with Crippen LogP contribution in [0.5, 0.6) is 5.88 Å². The first-order valence-electron chi connectivity index (χ1n) is 8.28. The van der Waals surface area contributed by atoms with Gasteiger partial charge in [0.25, 0.3) is 0 Å². The van der Waals surface area contributed by atoms with Gasteiger partial charge in [-0.1, -0.05) is 6.07 Å². The average molecular weight is 346 g/mol. The van der Waals surface area contributed by atoms with Gasteiger partial charge in [-0.25, -0.2) is 9.98 Å². The Hall–Kier alpha value is -2.61. The van der Waals surface area contributed by atoms with Crippen LogP contribution in [0.4, 0.5) is 0 Å². The summed E-state index contributed by atoms with van der Waals surface area (Å²) < 4.78 is 12.2. The van der Waals surface area contributed by atoms with Gasteiger partial charge in [0.2, 0.25) is 5.88 Å². The van der Waals surface area contributed by atoms with Crippen LogP contribution in [-0.2, 0) is 24.9 Å². The molecule has 0 radical (unpaired) electrons. The van der Waals surface area contributed by atoms with E-state index in [0.717, 1.165) is 23.8 Å². The fourth-order valence-corrected chi connectivity index (χ4v) is 2.08. The van der Waals surface area contributed by atoms with Gasteiger partial charge in [0, 0.05) is 39.2 Å². The van der Waals surface area contributed by atoms with E-state index >= 15 is 0 Å². The standard InChI is InChI=1S/C17H26N6O2/c1-4-18-17(21-13-15-7-8-22-23(15)2)20-12-14-5-6-16(19-11-14)25-10-9-24-3/h5-8,11H,4,9-10,12-13H2,1-3H3,(H2,18,20,21). The molecule has 0 atom stereocenters. The van der Waals surface area contributed by atoms with E-state index in [9.17, 15) is 0 Å². The molecule has 0 aromatic carbocycles. The fourth-order valence-electron chi connectivity index (χ4n) is 2.08. The van der Waals surface area contributed by atoms with Gasteiger partial charge in [-0.15, -0.1) is 0 Å². The van der Waals surface area contributed by atoms with E-state index in [1.807, 2.05) is 36.9 Å². The molecule has 2 aromatic heterocycles. The molecule has 25 heavy (non-hydrogen) atoms. The van der Waals surface area contributed by atoms with Gasteiger partial charge in [0.05, 0.1) is 25.4 Å². The molecule has 0 unspecified atom stereocenters. The average Bonchev–Trinajstić information content (AvgIpc) is 3.04. The number of pyridine rings is 1. The van der Waals surface area contributed by atoms with Crippen LogP contribution in [0.2, 0.25) is 0 Å². The smallest absolute Gasteiger partial charge is 0.213 e. The SMILES string of the molecule is CCNC(=NCc1ccc(OCCOC)nc1)NCc1ccnn1C. The molecule has 136 valence electrons. The van der Waals surface area contributed by atoms with Crippen molar-refractivity contribution in [1.82, 2.24) is 25.4 Å². The molecule has 2 heterocycles. The van der Waals surface area contributed by atoms with Crippen molar-refractivity contribution in [1.29, 1.82) is 0 Å². The summed E-state index contributed by atoms with van der Waals surface area (Å²) in [6.07, 6.45) is 3.55. The van der Waals surface area contributed by atoms with Crippen LogP contribution in [0.3, 0.4) is 0 Å². The highest BCUT2D eigenvalue weighted by molar-refractivity contribution is 5.79. The van der Waals surface area contributed by atoms with E-state index in [2.05, 4.69) is 25.7 Å². The highest BCUT2D eigenvalue weighted by Gasteiger charge is 2.02. The van der Waals surface area contributed by atoms with Gasteiger partial charge >= 0.3 is 0 Å². The summed E-state index contributed by atoms with van der Waals surface area (Å²) in [5, 5.41) is 10.7. The monoisotopic (exact) mass is 346 g/mol. The van der Waals surface area contributed by atoms with Gasteiger partial charge in [-0.3, -0.25) is 4.68 Å². The Morgan fingerprint density at radius 3 is 2.76 bits per heavy atom. The third-order valence-corrected chi connectivity index (χ3v) is 3.46. The molecule has 0 aliphatic rings. The molecular weight excluding hydrogens is 320 g/mol. The first kappa shape index (κ1) is 18.7. The van der Waals surface area contributed by atoms with E-state index < -0.39 is 0 Å². The minimum Gasteiger partial charge on any atom is -0.475 e. The van der Waals surface area contributed by atoms with Crippen molar-refractivity contribution < 1.29 is 9.47 Å². The molecule has 2 rings (SSSR count). The highest BCUT2D eigenvalue weighted by atomic mass is 16.5. The topological polar surface area (TPSA) is 85.6 Å². The Bertz CT molecular complexity index is 653. The van der Waals surface area contributed by atoms with Crippen molar-refractivity contribution in [3.05, 3.63) is 41.9 Å². The lowest BCUT2D eigenvalue weighted by atomic mass is 10.3. The lowest BCUT2D eigenvalue weighted by Crippen LogP contribution is -2.37. The van der Waals surface area contributed by atoms with Crippen molar-refractivity contribution in [2.24, 2.45) is 12.0 Å². The van der Waals surface area contributed by atoms with Gasteiger partial charge in [-0.05, 0) is 18.6 Å². The van der Waals surface area contributed by atoms with Crippen LogP contribution in [0.25, 0.3) is 0 Å². The van der Waals surface area contributed by atoms with E-state index in [1.165, 1.54) is 0 Å². The van der Waals surface area contributed by atoms with Gasteiger partial charge in [0.15, 0.2) is 5.96 Å². The molecule has 0 saturated carbocycles. The lowest BCUT2D eigenvalue weighted by Gasteiger charge is -2.11. The second-order valence-electron chi connectivity index (χ2n) is 5.34. The van der Waals surface area contributed by atoms with Crippen LogP contribution in [0.1, 0.15) is 18.2 Å². The third kappa shape index (κ3) is 6.42. The molecule has 2 N–H and O–H groups in total. The zero-order valence-corrected chi connectivity index (χ0v) is 15.0. The molecule has 0 saturated heterocycles. The van der Waals surface area contributed by atoms with Gasteiger partial charge < -0.3 is 20.1 Å². The Morgan fingerprint density at radius 2 is 2.12 bits per heavy atom. The minimum absolute atomic E-state index is 0.490. The Balaban J connectivity index is 1.88. The number of hydrogen-bond acceptors (Lipinski definition) is 5. The van der Waals surface area contributed by atoms with Crippen molar-refractivity contribution >= 4 is 5.96 Å². The number of ether oxygens (including phenoxy) is 2. The van der Waals surface area contributed by atoms with Crippen molar-refractivity contribution in [2.45, 2.75) is 20.0 Å². The zero-order chi connectivity index (χ0) is 17.9. The van der Waals surface area contributed by atoms with E-state index in [4.69, 9.17) is 9.47 Å². The molecule has 0 spiro atoms. The van der Waals surface area contributed by atoms with Crippen molar-refractivity contribution in [3.63, 3.8) is 0 Å². The van der Waals surface area contributed by atoms with Gasteiger partial charge in [-0.2, -0.15) is 5.10 Å². The molecular formula is C17H26N6O2. The summed E-state index contributed by atoms with van der Waals surface area (Å²) in [7, 11) is 3.56. The number of hydrogen-bond donors (Lipinski definition) is 2. The number of aromatic nitrogens is 3. The normalized spacial score (nSPS) is 11.4. The third-order valence-electron chi connectivity index (χ3n) is 3.46. The van der Waals surface area contributed by atoms with Crippen LogP contribution in [0.15, 0.2) is 35.6 Å². The van der Waals surface area contributed by atoms with E-state index in [-0.39, 0.29) is 0 Å². The maximum atomic E-state index is 5.45. The van der Waals surface area contributed by atoms with Crippen LogP contribution in [0, 0.1) is 0 Å². The van der Waals surface area contributed by atoms with Crippen LogP contribution in [-0.4, -0.2) is 47.6 Å². The predicted octanol–water partition coefficient (Wildman–Crippen LogP) is 1.10. The Morgan fingerprint density at radius 1 is 1.24 bits per heavy atom. The number of rotatable bonds is 9. The Labute approximate surface area is 148 Å². The zero-order valence-electron chi connectivity index (χ0n) is 15.0. The summed E-state index contributed by atoms with van der Waals surface area (Å²) in [6.45, 7) is 5.06. The molecule has 8 nitrogen and oxygen atoms in total. The summed E-state index contributed by atoms with van der Waals surface area (Å²) >= 11 is 0. The van der Waals surface area contributed by atoms with Gasteiger partial charge in [0.1, 0.15) is 6.61 Å². The number of aryl methyl sites for hydroxylation is 1. The summed E-state index contributed by atoms with van der Waals surface area (Å²) in [5.41, 5.74) is 2.10. The molecule has 0 fully saturated rings. The quantitative estimate of drug-likeness (QED) is 0.402. The maximum Gasteiger partial charge on any atom is 0.213 e. The number of nitrogens with zero attached hydrogens (tertiary/aromatic N) is 4. The number of methoxy groups -OCH3 is 1. The predicted molar refractivity (Wildman–Crippen MR) is 96.5 cm³/mol. The first-order chi connectivity index (χ1) is 12.2. The number of aliphatic imine (C=N–C) groups is 1. The maximum absolute atomic E-state index is 5.45. The van der Waals surface area contributed by atoms with Crippen LogP contribution < -0.4 is 15.4 Å². The molecule has 0 bridgehead atoms. The van der Waals surface area contributed by atoms with E-state index in [0.29, 0.717) is 32.2 Å². The van der Waals surface area contributed by atoms with E-state index in [1.54, 1.807) is 19.5 Å². The second-order valence-corrected chi connectivity index (χ2v) is 5.34. The Kier molecular flexibility index (Phi) is 7.71. The van der Waals surface area contributed by atoms with Crippen molar-refractivity contribution in [2.75, 3.05) is 26.9 Å². The summed E-state index contributed by atoms with van der Waals surface area (Å²) in [5.74, 6) is 1.34. The minimum atomic E-state index is 0.490. The molecule has 0 amide bonds. The molecule has 0 aliphatic carbocycles. The largest absolute Gasteiger partial charge is 0.475 e. The molecule has 2 aromatic rings. The summed E-state index contributed by atoms with van der Waals surface area (Å²) in [6, 6.07) is 5.78. The number of nitrogens with one attached hydrogen (secondary N) is 2. The highest BCUT2D eigenvalue weighted by Crippen LogP contribution is 2.08. The van der Waals surface area contributed by atoms with Crippen molar-refractivity contribution in [3.8, 4) is 5.88 Å². The lowest BCUT2D eigenvalue weighted by molar-refractivity contribution is 0.143. The fraction of sp³-hybridized carbons (Fsp3) is 0.471. The molecule has 0 aliphatic heterocycles. The second kappa shape index (κ2) is 10.3. The first-order valence-corrected chi connectivity index (χ1v) is 8.28. The summed E-state index contributed by atoms with van der Waals surface area (Å²) in [4.78, 5) is 8.86. The molecule has 8 heteroatoms.